The molecule has 0 radical (unpaired) electrons. The van der Waals surface area contributed by atoms with Crippen LogP contribution in [0.3, 0.4) is 0 Å². The summed E-state index contributed by atoms with van der Waals surface area (Å²) in [6, 6.07) is 7.99. The molecule has 2 aromatic rings. The van der Waals surface area contributed by atoms with Crippen molar-refractivity contribution in [2.24, 2.45) is 0 Å². The van der Waals surface area contributed by atoms with Gasteiger partial charge in [-0.1, -0.05) is 18.2 Å². The molecular formula is C13H13N3O4. The van der Waals surface area contributed by atoms with Gasteiger partial charge in [0.25, 0.3) is 5.91 Å². The Morgan fingerprint density at radius 3 is 2.65 bits per heavy atom. The van der Waals surface area contributed by atoms with Gasteiger partial charge in [0.1, 0.15) is 6.04 Å². The summed E-state index contributed by atoms with van der Waals surface area (Å²) in [4.78, 5) is 22.7. The van der Waals surface area contributed by atoms with Crippen molar-refractivity contribution in [2.45, 2.75) is 18.9 Å². The first-order chi connectivity index (χ1) is 9.66. The Labute approximate surface area is 114 Å². The van der Waals surface area contributed by atoms with E-state index in [4.69, 9.17) is 9.52 Å². The maximum absolute atomic E-state index is 12.0. The molecule has 1 heterocycles. The molecule has 0 aliphatic rings. The molecule has 0 spiro atoms. The average molecular weight is 275 g/mol. The molecule has 1 unspecified atom stereocenters. The molecule has 0 bridgehead atoms. The largest absolute Gasteiger partial charge is 0.481 e. The molecule has 0 saturated heterocycles. The fraction of sp³-hybridized carbons (Fsp3) is 0.231. The average Bonchev–Trinajstić information content (AvgIpc) is 2.98. The number of hydrogen-bond acceptors (Lipinski definition) is 5. The summed E-state index contributed by atoms with van der Waals surface area (Å²) in [6.07, 6.45) is 1.20. The number of aromatic nitrogens is 2. The predicted octanol–water partition coefficient (Wildman–Crippen LogP) is 1.41. The lowest BCUT2D eigenvalue weighted by Crippen LogP contribution is -2.29. The van der Waals surface area contributed by atoms with E-state index in [1.165, 1.54) is 0 Å². The fourth-order valence-electron chi connectivity index (χ4n) is 1.69. The Kier molecular flexibility index (Phi) is 4.43. The van der Waals surface area contributed by atoms with Crippen molar-refractivity contribution < 1.29 is 19.1 Å². The summed E-state index contributed by atoms with van der Waals surface area (Å²) in [6.45, 7) is 0. The smallest absolute Gasteiger partial charge is 0.303 e. The third kappa shape index (κ3) is 3.64. The monoisotopic (exact) mass is 275 g/mol. The van der Waals surface area contributed by atoms with Gasteiger partial charge in [-0.3, -0.25) is 9.59 Å². The minimum atomic E-state index is -0.955. The summed E-state index contributed by atoms with van der Waals surface area (Å²) in [7, 11) is 0. The lowest BCUT2D eigenvalue weighted by molar-refractivity contribution is -0.137. The van der Waals surface area contributed by atoms with Gasteiger partial charge >= 0.3 is 5.97 Å². The van der Waals surface area contributed by atoms with E-state index in [2.05, 4.69) is 15.5 Å². The van der Waals surface area contributed by atoms with Crippen molar-refractivity contribution in [1.82, 2.24) is 15.5 Å². The lowest BCUT2D eigenvalue weighted by Gasteiger charge is -2.14. The molecular weight excluding hydrogens is 262 g/mol. The Balaban J connectivity index is 2.08. The summed E-state index contributed by atoms with van der Waals surface area (Å²) < 4.78 is 5.03. The second-order valence-corrected chi connectivity index (χ2v) is 4.10. The SMILES string of the molecule is O=C(O)CCC(NC(=O)c1ccccc1)c1nnco1. The molecule has 2 rings (SSSR count). The van der Waals surface area contributed by atoms with Crippen molar-refractivity contribution in [3.05, 3.63) is 48.2 Å². The summed E-state index contributed by atoms with van der Waals surface area (Å²) in [5, 5.41) is 18.7. The normalized spacial score (nSPS) is 11.8. The molecule has 7 nitrogen and oxygen atoms in total. The van der Waals surface area contributed by atoms with Gasteiger partial charge in [0.15, 0.2) is 0 Å². The molecule has 1 aromatic heterocycles. The number of amides is 1. The number of nitrogens with one attached hydrogen (secondary N) is 1. The summed E-state index contributed by atoms with van der Waals surface area (Å²) in [5.41, 5.74) is 0.479. The van der Waals surface area contributed by atoms with E-state index in [0.29, 0.717) is 5.56 Å². The number of carboxylic acids is 1. The number of aliphatic carboxylic acids is 1. The van der Waals surface area contributed by atoms with E-state index >= 15 is 0 Å². The Morgan fingerprint density at radius 2 is 2.05 bits per heavy atom. The maximum atomic E-state index is 12.0. The first kappa shape index (κ1) is 13.7. The molecule has 104 valence electrons. The molecule has 0 fully saturated rings. The van der Waals surface area contributed by atoms with Crippen LogP contribution in [0.15, 0.2) is 41.1 Å². The highest BCUT2D eigenvalue weighted by Crippen LogP contribution is 2.16. The van der Waals surface area contributed by atoms with Crippen LogP contribution in [-0.4, -0.2) is 27.2 Å². The van der Waals surface area contributed by atoms with Crippen molar-refractivity contribution in [2.75, 3.05) is 0 Å². The third-order valence-corrected chi connectivity index (χ3v) is 2.66. The Hall–Kier alpha value is -2.70. The Bertz CT molecular complexity index is 569. The van der Waals surface area contributed by atoms with Gasteiger partial charge in [-0.05, 0) is 18.6 Å². The van der Waals surface area contributed by atoms with Crippen LogP contribution in [0.5, 0.6) is 0 Å². The number of carbonyl (C=O) groups is 2. The number of hydrogen-bond donors (Lipinski definition) is 2. The molecule has 0 aliphatic heterocycles. The zero-order chi connectivity index (χ0) is 14.4. The molecule has 1 atom stereocenters. The standard InChI is InChI=1S/C13H13N3O4/c17-11(18)7-6-10(13-16-14-8-20-13)15-12(19)9-4-2-1-3-5-9/h1-5,8,10H,6-7H2,(H,15,19)(H,17,18). The highest BCUT2D eigenvalue weighted by atomic mass is 16.4. The van der Waals surface area contributed by atoms with Gasteiger partial charge in [0.05, 0.1) is 0 Å². The highest BCUT2D eigenvalue weighted by molar-refractivity contribution is 5.94. The van der Waals surface area contributed by atoms with E-state index in [0.717, 1.165) is 6.39 Å². The van der Waals surface area contributed by atoms with Crippen molar-refractivity contribution in [3.8, 4) is 0 Å². The van der Waals surface area contributed by atoms with Crippen LogP contribution >= 0.6 is 0 Å². The molecule has 1 amide bonds. The molecule has 0 saturated carbocycles. The van der Waals surface area contributed by atoms with Gasteiger partial charge in [0.2, 0.25) is 12.3 Å². The number of benzene rings is 1. The second-order valence-electron chi connectivity index (χ2n) is 4.10. The van der Waals surface area contributed by atoms with E-state index in [-0.39, 0.29) is 24.6 Å². The van der Waals surface area contributed by atoms with Crippen LogP contribution in [0.25, 0.3) is 0 Å². The van der Waals surface area contributed by atoms with E-state index in [1.54, 1.807) is 30.3 Å². The van der Waals surface area contributed by atoms with E-state index in [9.17, 15) is 9.59 Å². The van der Waals surface area contributed by atoms with Crippen LogP contribution in [0, 0.1) is 0 Å². The lowest BCUT2D eigenvalue weighted by atomic mass is 10.1. The highest BCUT2D eigenvalue weighted by Gasteiger charge is 2.21. The minimum Gasteiger partial charge on any atom is -0.481 e. The van der Waals surface area contributed by atoms with Crippen LogP contribution in [0.2, 0.25) is 0 Å². The summed E-state index contributed by atoms with van der Waals surface area (Å²) >= 11 is 0. The van der Waals surface area contributed by atoms with Crippen molar-refractivity contribution in [3.63, 3.8) is 0 Å². The summed E-state index contributed by atoms with van der Waals surface area (Å²) in [5.74, 6) is -1.09. The number of carboxylic acid groups (broad SMARTS) is 1. The molecule has 0 aliphatic carbocycles. The second kappa shape index (κ2) is 6.46. The zero-order valence-corrected chi connectivity index (χ0v) is 10.5. The van der Waals surface area contributed by atoms with Crippen molar-refractivity contribution >= 4 is 11.9 Å². The van der Waals surface area contributed by atoms with Gasteiger partial charge in [0, 0.05) is 12.0 Å². The van der Waals surface area contributed by atoms with Gasteiger partial charge in [-0.15, -0.1) is 10.2 Å². The predicted molar refractivity (Wildman–Crippen MR) is 67.8 cm³/mol. The molecule has 1 aromatic carbocycles. The third-order valence-electron chi connectivity index (χ3n) is 2.66. The molecule has 20 heavy (non-hydrogen) atoms. The maximum Gasteiger partial charge on any atom is 0.303 e. The molecule has 2 N–H and O–H groups in total. The minimum absolute atomic E-state index is 0.109. The first-order valence-electron chi connectivity index (χ1n) is 6.00. The quantitative estimate of drug-likeness (QED) is 0.825. The molecule has 7 heteroatoms. The van der Waals surface area contributed by atoms with Crippen molar-refractivity contribution in [1.29, 1.82) is 0 Å². The topological polar surface area (TPSA) is 105 Å². The Morgan fingerprint density at radius 1 is 1.30 bits per heavy atom. The van der Waals surface area contributed by atoms with E-state index < -0.39 is 12.0 Å². The van der Waals surface area contributed by atoms with E-state index in [1.807, 2.05) is 0 Å². The number of carbonyl (C=O) groups excluding carboxylic acids is 1. The van der Waals surface area contributed by atoms with Crippen LogP contribution in [0.1, 0.15) is 35.1 Å². The van der Waals surface area contributed by atoms with Crippen LogP contribution in [-0.2, 0) is 4.79 Å². The number of nitrogens with zero attached hydrogens (tertiary/aromatic N) is 2. The van der Waals surface area contributed by atoms with Crippen LogP contribution in [0.4, 0.5) is 0 Å². The first-order valence-corrected chi connectivity index (χ1v) is 6.00. The van der Waals surface area contributed by atoms with Crippen LogP contribution < -0.4 is 5.32 Å². The zero-order valence-electron chi connectivity index (χ0n) is 10.5. The number of rotatable bonds is 6. The van der Waals surface area contributed by atoms with Gasteiger partial charge in [-0.2, -0.15) is 0 Å². The van der Waals surface area contributed by atoms with Gasteiger partial charge in [-0.25, -0.2) is 0 Å². The fourth-order valence-corrected chi connectivity index (χ4v) is 1.69. The van der Waals surface area contributed by atoms with Gasteiger partial charge < -0.3 is 14.8 Å².